The zero-order valence-corrected chi connectivity index (χ0v) is 12.9. The summed E-state index contributed by atoms with van der Waals surface area (Å²) >= 11 is 0.991. The third kappa shape index (κ3) is 2.43. The first-order chi connectivity index (χ1) is 10.0. The lowest BCUT2D eigenvalue weighted by atomic mass is 10.5. The smallest absolute Gasteiger partial charge is 0.283 e. The van der Waals surface area contributed by atoms with E-state index < -0.39 is 10.0 Å². The van der Waals surface area contributed by atoms with Gasteiger partial charge in [-0.2, -0.15) is 12.8 Å². The van der Waals surface area contributed by atoms with Gasteiger partial charge in [-0.25, -0.2) is 9.97 Å². The Labute approximate surface area is 125 Å². The van der Waals surface area contributed by atoms with Gasteiger partial charge in [0.05, 0.1) is 0 Å². The molecule has 0 atom stereocenters. The molecule has 2 N–H and O–H groups in total. The number of nitrogens with one attached hydrogen (secondary N) is 2. The second-order valence-corrected chi connectivity index (χ2v) is 6.55. The third-order valence-electron chi connectivity index (χ3n) is 2.73. The largest absolute Gasteiger partial charge is 0.371 e. The number of pyridine rings is 1. The maximum Gasteiger partial charge on any atom is 0.283 e. The highest BCUT2D eigenvalue weighted by atomic mass is 32.2. The van der Waals surface area contributed by atoms with Crippen molar-refractivity contribution in [2.45, 2.75) is 11.9 Å². The molecule has 0 amide bonds. The van der Waals surface area contributed by atoms with E-state index in [0.717, 1.165) is 11.5 Å². The summed E-state index contributed by atoms with van der Waals surface area (Å²) in [5.74, 6) is 0.791. The van der Waals surface area contributed by atoms with E-state index in [1.165, 1.54) is 4.40 Å². The maximum atomic E-state index is 12.6. The predicted octanol–water partition coefficient (Wildman–Crippen LogP) is 1.34. The van der Waals surface area contributed by atoms with Crippen LogP contribution in [-0.4, -0.2) is 34.2 Å². The van der Waals surface area contributed by atoms with Crippen molar-refractivity contribution in [2.75, 3.05) is 17.1 Å². The van der Waals surface area contributed by atoms with Crippen molar-refractivity contribution >= 4 is 38.2 Å². The van der Waals surface area contributed by atoms with Crippen molar-refractivity contribution in [2.24, 2.45) is 0 Å². The van der Waals surface area contributed by atoms with Gasteiger partial charge in [-0.1, -0.05) is 6.07 Å². The van der Waals surface area contributed by atoms with Crippen LogP contribution in [0, 0.1) is 6.92 Å². The van der Waals surface area contributed by atoms with Crippen LogP contribution >= 0.6 is 11.5 Å². The van der Waals surface area contributed by atoms with Crippen LogP contribution in [0.25, 0.3) is 5.65 Å². The molecule has 3 aromatic heterocycles. The van der Waals surface area contributed by atoms with Gasteiger partial charge in [0.15, 0.2) is 5.82 Å². The van der Waals surface area contributed by atoms with Gasteiger partial charge in [-0.15, -0.1) is 0 Å². The highest BCUT2D eigenvalue weighted by Crippen LogP contribution is 2.25. The summed E-state index contributed by atoms with van der Waals surface area (Å²) < 4.78 is 33.1. The van der Waals surface area contributed by atoms with E-state index in [4.69, 9.17) is 0 Å². The number of fused-ring (bicyclic) bond motifs is 1. The standard InChI is InChI=1S/C11H12N6O2S2/c1-7-13-11(20-15-7)16-21(18,19)10-9(12-2)14-8-5-3-4-6-17(8)10/h3-6,12H,1-2H3,(H,13,15,16). The molecule has 3 heterocycles. The third-order valence-corrected chi connectivity index (χ3v) is 4.94. The van der Waals surface area contributed by atoms with E-state index >= 15 is 0 Å². The zero-order valence-electron chi connectivity index (χ0n) is 11.2. The monoisotopic (exact) mass is 324 g/mol. The minimum Gasteiger partial charge on any atom is -0.371 e. The lowest BCUT2D eigenvalue weighted by molar-refractivity contribution is 0.597. The number of sulfonamides is 1. The van der Waals surface area contributed by atoms with Crippen molar-refractivity contribution in [3.05, 3.63) is 30.2 Å². The van der Waals surface area contributed by atoms with Crippen molar-refractivity contribution in [3.8, 4) is 0 Å². The van der Waals surface area contributed by atoms with E-state index in [9.17, 15) is 8.42 Å². The van der Waals surface area contributed by atoms with Crippen LogP contribution in [0.2, 0.25) is 0 Å². The number of anilines is 2. The molecule has 0 radical (unpaired) electrons. The Morgan fingerprint density at radius 3 is 2.76 bits per heavy atom. The number of hydrogen-bond donors (Lipinski definition) is 2. The number of imidazole rings is 1. The number of hydrogen-bond acceptors (Lipinski definition) is 7. The van der Waals surface area contributed by atoms with Gasteiger partial charge in [0.1, 0.15) is 11.5 Å². The van der Waals surface area contributed by atoms with Gasteiger partial charge in [-0.05, 0) is 19.1 Å². The molecule has 10 heteroatoms. The average Bonchev–Trinajstić information content (AvgIpc) is 3.01. The fourth-order valence-electron chi connectivity index (χ4n) is 1.89. The van der Waals surface area contributed by atoms with Gasteiger partial charge < -0.3 is 5.32 Å². The SMILES string of the molecule is CNc1nc2ccccn2c1S(=O)(=O)Nc1nc(C)ns1. The Morgan fingerprint density at radius 1 is 1.29 bits per heavy atom. The zero-order chi connectivity index (χ0) is 15.0. The van der Waals surface area contributed by atoms with Crippen LogP contribution in [0.1, 0.15) is 5.82 Å². The topological polar surface area (TPSA) is 101 Å². The molecule has 0 fully saturated rings. The van der Waals surface area contributed by atoms with Crippen LogP contribution < -0.4 is 10.0 Å². The summed E-state index contributed by atoms with van der Waals surface area (Å²) in [6.07, 6.45) is 1.64. The Kier molecular flexibility index (Phi) is 3.26. The average molecular weight is 324 g/mol. The lowest BCUT2D eigenvalue weighted by Gasteiger charge is -2.06. The molecule has 0 aromatic carbocycles. The second kappa shape index (κ2) is 4.97. The normalized spacial score (nSPS) is 11.7. The summed E-state index contributed by atoms with van der Waals surface area (Å²) in [6, 6.07) is 5.26. The van der Waals surface area contributed by atoms with E-state index in [2.05, 4.69) is 24.4 Å². The lowest BCUT2D eigenvalue weighted by Crippen LogP contribution is -2.16. The van der Waals surface area contributed by atoms with Crippen LogP contribution in [0.15, 0.2) is 29.4 Å². The van der Waals surface area contributed by atoms with Crippen molar-refractivity contribution < 1.29 is 8.42 Å². The van der Waals surface area contributed by atoms with E-state index in [1.807, 2.05) is 0 Å². The van der Waals surface area contributed by atoms with Gasteiger partial charge in [-0.3, -0.25) is 9.12 Å². The van der Waals surface area contributed by atoms with Crippen LogP contribution in [0.4, 0.5) is 10.9 Å². The summed E-state index contributed by atoms with van der Waals surface area (Å²) in [5, 5.41) is 3.06. The summed E-state index contributed by atoms with van der Waals surface area (Å²) in [5.41, 5.74) is 0.538. The van der Waals surface area contributed by atoms with Crippen molar-refractivity contribution in [1.82, 2.24) is 18.7 Å². The minimum atomic E-state index is -3.83. The molecular weight excluding hydrogens is 312 g/mol. The summed E-state index contributed by atoms with van der Waals surface area (Å²) in [4.78, 5) is 8.25. The van der Waals surface area contributed by atoms with Gasteiger partial charge in [0.2, 0.25) is 10.2 Å². The second-order valence-electron chi connectivity index (χ2n) is 4.20. The molecule has 0 bridgehead atoms. The van der Waals surface area contributed by atoms with Crippen LogP contribution in [-0.2, 0) is 10.0 Å². The van der Waals surface area contributed by atoms with Crippen LogP contribution in [0.5, 0.6) is 0 Å². The molecule has 0 aliphatic rings. The minimum absolute atomic E-state index is 0.0356. The molecule has 0 saturated carbocycles. The number of aryl methyl sites for hydroxylation is 1. The Bertz CT molecular complexity index is 898. The molecule has 21 heavy (non-hydrogen) atoms. The molecule has 8 nitrogen and oxygen atoms in total. The Hall–Kier alpha value is -2.20. The van der Waals surface area contributed by atoms with Crippen LogP contribution in [0.3, 0.4) is 0 Å². The highest BCUT2D eigenvalue weighted by Gasteiger charge is 2.25. The first kappa shape index (κ1) is 13.8. The fraction of sp³-hybridized carbons (Fsp3) is 0.182. The first-order valence-corrected chi connectivity index (χ1v) is 8.25. The molecular formula is C11H12N6O2S2. The van der Waals surface area contributed by atoms with Gasteiger partial charge in [0.25, 0.3) is 10.0 Å². The van der Waals surface area contributed by atoms with Crippen molar-refractivity contribution in [3.63, 3.8) is 0 Å². The molecule has 0 unspecified atom stereocenters. The number of nitrogens with zero attached hydrogens (tertiary/aromatic N) is 4. The maximum absolute atomic E-state index is 12.6. The number of aromatic nitrogens is 4. The van der Waals surface area contributed by atoms with Crippen molar-refractivity contribution in [1.29, 1.82) is 0 Å². The Balaban J connectivity index is 2.13. The van der Waals surface area contributed by atoms with E-state index in [-0.39, 0.29) is 16.0 Å². The quantitative estimate of drug-likeness (QED) is 0.751. The van der Waals surface area contributed by atoms with Gasteiger partial charge >= 0.3 is 0 Å². The van der Waals surface area contributed by atoms with Gasteiger partial charge in [0, 0.05) is 24.8 Å². The molecule has 0 spiro atoms. The fourth-order valence-corrected chi connectivity index (χ4v) is 3.99. The first-order valence-electron chi connectivity index (χ1n) is 5.99. The Morgan fingerprint density at radius 2 is 2.10 bits per heavy atom. The molecule has 110 valence electrons. The highest BCUT2D eigenvalue weighted by molar-refractivity contribution is 7.93. The van der Waals surface area contributed by atoms with E-state index in [0.29, 0.717) is 11.5 Å². The summed E-state index contributed by atoms with van der Waals surface area (Å²) in [7, 11) is -2.21. The molecule has 0 aliphatic carbocycles. The molecule has 3 rings (SSSR count). The molecule has 3 aromatic rings. The molecule has 0 saturated heterocycles. The summed E-state index contributed by atoms with van der Waals surface area (Å²) in [6.45, 7) is 1.70. The molecule has 0 aliphatic heterocycles. The van der Waals surface area contributed by atoms with E-state index in [1.54, 1.807) is 38.4 Å². The predicted molar refractivity (Wildman–Crippen MR) is 80.2 cm³/mol. The number of rotatable bonds is 4.